The average Bonchev–Trinajstić information content (AvgIpc) is 3.07. The molecule has 100 valence electrons. The number of nitrogens with one attached hydrogen (secondary N) is 1. The fourth-order valence-electron chi connectivity index (χ4n) is 3.39. The van der Waals surface area contributed by atoms with Crippen LogP contribution in [-0.2, 0) is 11.3 Å². The summed E-state index contributed by atoms with van der Waals surface area (Å²) in [5, 5.41) is 4.39. The van der Waals surface area contributed by atoms with Crippen LogP contribution in [0.25, 0.3) is 0 Å². The zero-order valence-electron chi connectivity index (χ0n) is 10.9. The van der Waals surface area contributed by atoms with Crippen molar-refractivity contribution in [1.82, 2.24) is 15.2 Å². The van der Waals surface area contributed by atoms with Crippen molar-refractivity contribution in [3.63, 3.8) is 0 Å². The molecule has 2 fully saturated rings. The third-order valence-electron chi connectivity index (χ3n) is 4.23. The summed E-state index contributed by atoms with van der Waals surface area (Å²) in [6.45, 7) is 3.12. The van der Waals surface area contributed by atoms with E-state index >= 15 is 0 Å². The van der Waals surface area contributed by atoms with Crippen molar-refractivity contribution < 1.29 is 4.74 Å². The number of aromatic nitrogens is 2. The number of nitrogens with two attached hydrogens (primary N) is 1. The largest absolute Gasteiger partial charge is 0.375 e. The summed E-state index contributed by atoms with van der Waals surface area (Å²) in [5.41, 5.74) is 4.15. The van der Waals surface area contributed by atoms with Crippen LogP contribution in [0.4, 0.5) is 0 Å². The van der Waals surface area contributed by atoms with E-state index in [4.69, 9.17) is 10.6 Å². The maximum atomic E-state index is 5.92. The van der Waals surface area contributed by atoms with Crippen LogP contribution in [0.15, 0.2) is 12.4 Å². The van der Waals surface area contributed by atoms with Crippen LogP contribution in [0.3, 0.4) is 0 Å². The molecule has 3 heterocycles. The molecule has 1 aromatic rings. The fraction of sp³-hybridized carbons (Fsp3) is 0.769. The zero-order chi connectivity index (χ0) is 12.5. The standard InChI is InChI=1S/C13H22N4O/c1-2-5-17-8-9(7-15-17)13(16-14)11-6-10-3-4-12(11)18-10/h7-8,10-13,16H,2-6,14H2,1H3. The summed E-state index contributed by atoms with van der Waals surface area (Å²) in [4.78, 5) is 0. The topological polar surface area (TPSA) is 65.1 Å². The van der Waals surface area contributed by atoms with Gasteiger partial charge in [-0.2, -0.15) is 5.10 Å². The minimum atomic E-state index is 0.172. The van der Waals surface area contributed by atoms with Crippen LogP contribution < -0.4 is 11.3 Å². The van der Waals surface area contributed by atoms with E-state index in [-0.39, 0.29) is 6.04 Å². The number of fused-ring (bicyclic) bond motifs is 2. The van der Waals surface area contributed by atoms with Gasteiger partial charge < -0.3 is 4.74 Å². The summed E-state index contributed by atoms with van der Waals surface area (Å²) in [7, 11) is 0. The molecule has 5 nitrogen and oxygen atoms in total. The number of ether oxygens (including phenoxy) is 1. The fourth-order valence-corrected chi connectivity index (χ4v) is 3.39. The van der Waals surface area contributed by atoms with Crippen LogP contribution >= 0.6 is 0 Å². The number of rotatable bonds is 5. The lowest BCUT2D eigenvalue weighted by molar-refractivity contribution is 0.0856. The van der Waals surface area contributed by atoms with E-state index in [0.717, 1.165) is 19.4 Å². The molecule has 0 amide bonds. The van der Waals surface area contributed by atoms with E-state index in [9.17, 15) is 0 Å². The number of aryl methyl sites for hydroxylation is 1. The Bertz CT molecular complexity index is 405. The highest BCUT2D eigenvalue weighted by atomic mass is 16.5. The van der Waals surface area contributed by atoms with Crippen molar-refractivity contribution in [2.24, 2.45) is 11.8 Å². The maximum absolute atomic E-state index is 5.92. The summed E-state index contributed by atoms with van der Waals surface area (Å²) in [6.07, 6.45) is 9.50. The monoisotopic (exact) mass is 250 g/mol. The van der Waals surface area contributed by atoms with Gasteiger partial charge >= 0.3 is 0 Å². The molecule has 5 heteroatoms. The summed E-state index contributed by atoms with van der Waals surface area (Å²) in [5.74, 6) is 6.25. The summed E-state index contributed by atoms with van der Waals surface area (Å²) < 4.78 is 7.91. The van der Waals surface area contributed by atoms with Gasteiger partial charge in [0, 0.05) is 24.2 Å². The molecule has 0 spiro atoms. The molecule has 0 aromatic carbocycles. The second-order valence-electron chi connectivity index (χ2n) is 5.45. The number of hydrogen-bond donors (Lipinski definition) is 2. The van der Waals surface area contributed by atoms with E-state index in [2.05, 4.69) is 23.6 Å². The number of nitrogens with zero attached hydrogens (tertiary/aromatic N) is 2. The molecule has 3 N–H and O–H groups in total. The van der Waals surface area contributed by atoms with E-state index in [0.29, 0.717) is 18.1 Å². The highest BCUT2D eigenvalue weighted by Crippen LogP contribution is 2.44. The Kier molecular flexibility index (Phi) is 3.37. The third-order valence-corrected chi connectivity index (χ3v) is 4.23. The van der Waals surface area contributed by atoms with Gasteiger partial charge in [0.25, 0.3) is 0 Å². The van der Waals surface area contributed by atoms with Gasteiger partial charge in [-0.1, -0.05) is 6.92 Å². The van der Waals surface area contributed by atoms with Gasteiger partial charge in [-0.05, 0) is 25.7 Å². The minimum absolute atomic E-state index is 0.172. The molecule has 2 bridgehead atoms. The Balaban J connectivity index is 1.75. The normalized spacial score (nSPS) is 32.0. The molecular weight excluding hydrogens is 228 g/mol. The molecule has 18 heavy (non-hydrogen) atoms. The Hall–Kier alpha value is -0.910. The van der Waals surface area contributed by atoms with Crippen molar-refractivity contribution in [3.8, 4) is 0 Å². The Labute approximate surface area is 108 Å². The number of hydrogen-bond acceptors (Lipinski definition) is 4. The lowest BCUT2D eigenvalue weighted by atomic mass is 9.82. The smallest absolute Gasteiger partial charge is 0.0627 e. The quantitative estimate of drug-likeness (QED) is 0.612. The van der Waals surface area contributed by atoms with Gasteiger partial charge in [0.05, 0.1) is 24.4 Å². The second-order valence-corrected chi connectivity index (χ2v) is 5.45. The van der Waals surface area contributed by atoms with Gasteiger partial charge in [0.2, 0.25) is 0 Å². The van der Waals surface area contributed by atoms with Crippen LogP contribution in [0.1, 0.15) is 44.2 Å². The predicted molar refractivity (Wildman–Crippen MR) is 68.6 cm³/mol. The molecule has 4 unspecified atom stereocenters. The molecule has 4 atom stereocenters. The lowest BCUT2D eigenvalue weighted by Gasteiger charge is -2.27. The lowest BCUT2D eigenvalue weighted by Crippen LogP contribution is -2.37. The maximum Gasteiger partial charge on any atom is 0.0627 e. The number of hydrazine groups is 1. The molecule has 2 aliphatic rings. The minimum Gasteiger partial charge on any atom is -0.375 e. The first-order valence-corrected chi connectivity index (χ1v) is 6.95. The SMILES string of the molecule is CCCn1cc(C(NN)C2CC3CCC2O3)cn1. The molecule has 2 aliphatic heterocycles. The third kappa shape index (κ3) is 2.06. The Morgan fingerprint density at radius 3 is 3.11 bits per heavy atom. The zero-order valence-corrected chi connectivity index (χ0v) is 10.9. The first-order valence-electron chi connectivity index (χ1n) is 6.95. The Morgan fingerprint density at radius 2 is 2.50 bits per heavy atom. The van der Waals surface area contributed by atoms with Crippen LogP contribution in [0.5, 0.6) is 0 Å². The second kappa shape index (κ2) is 4.99. The van der Waals surface area contributed by atoms with Crippen LogP contribution in [0, 0.1) is 5.92 Å². The molecule has 0 aliphatic carbocycles. The molecule has 0 radical (unpaired) electrons. The van der Waals surface area contributed by atoms with Gasteiger partial charge in [0.1, 0.15) is 0 Å². The predicted octanol–water partition coefficient (Wildman–Crippen LogP) is 1.36. The molecule has 2 saturated heterocycles. The van der Waals surface area contributed by atoms with Crippen molar-refractivity contribution in [2.75, 3.05) is 0 Å². The summed E-state index contributed by atoms with van der Waals surface area (Å²) >= 11 is 0. The highest BCUT2D eigenvalue weighted by Gasteiger charge is 2.44. The van der Waals surface area contributed by atoms with Crippen molar-refractivity contribution in [1.29, 1.82) is 0 Å². The first-order chi connectivity index (χ1) is 8.81. The first kappa shape index (κ1) is 12.1. The van der Waals surface area contributed by atoms with E-state index in [1.54, 1.807) is 0 Å². The summed E-state index contributed by atoms with van der Waals surface area (Å²) in [6, 6.07) is 0.172. The van der Waals surface area contributed by atoms with Crippen molar-refractivity contribution >= 4 is 0 Å². The van der Waals surface area contributed by atoms with Gasteiger partial charge in [-0.25, -0.2) is 0 Å². The van der Waals surface area contributed by atoms with Gasteiger partial charge in [-0.15, -0.1) is 0 Å². The average molecular weight is 250 g/mol. The molecule has 3 rings (SSSR count). The molecular formula is C13H22N4O. The van der Waals surface area contributed by atoms with E-state index in [1.807, 2.05) is 10.9 Å². The molecule has 0 saturated carbocycles. The van der Waals surface area contributed by atoms with Crippen molar-refractivity contribution in [3.05, 3.63) is 18.0 Å². The van der Waals surface area contributed by atoms with Crippen molar-refractivity contribution in [2.45, 2.75) is 57.4 Å². The highest BCUT2D eigenvalue weighted by molar-refractivity contribution is 5.14. The van der Waals surface area contributed by atoms with E-state index in [1.165, 1.54) is 18.4 Å². The Morgan fingerprint density at radius 1 is 1.61 bits per heavy atom. The van der Waals surface area contributed by atoms with Gasteiger partial charge in [-0.3, -0.25) is 16.0 Å². The van der Waals surface area contributed by atoms with E-state index < -0.39 is 0 Å². The molecule has 1 aromatic heterocycles. The van der Waals surface area contributed by atoms with Crippen LogP contribution in [-0.4, -0.2) is 22.0 Å². The van der Waals surface area contributed by atoms with Gasteiger partial charge in [0.15, 0.2) is 0 Å². The van der Waals surface area contributed by atoms with Crippen LogP contribution in [0.2, 0.25) is 0 Å².